The van der Waals surface area contributed by atoms with Crippen LogP contribution in [0.2, 0.25) is 0 Å². The average molecular weight is 167 g/mol. The number of ether oxygens (including phenoxy) is 1. The van der Waals surface area contributed by atoms with Crippen molar-refractivity contribution in [3.8, 4) is 0 Å². The predicted molar refractivity (Wildman–Crippen MR) is 41.3 cm³/mol. The van der Waals surface area contributed by atoms with Crippen LogP contribution < -0.4 is 5.73 Å². The molecule has 0 saturated heterocycles. The minimum Gasteiger partial charge on any atom is -0.378 e. The van der Waals surface area contributed by atoms with E-state index in [1.165, 1.54) is 12.4 Å². The predicted octanol–water partition coefficient (Wildman–Crippen LogP) is -0.278. The molecular formula is C7H9N3O2. The molecular weight excluding hydrogens is 158 g/mol. The smallest absolute Gasteiger partial charge is 0.268 e. The quantitative estimate of drug-likeness (QED) is 0.671. The molecule has 0 unspecified atom stereocenters. The van der Waals surface area contributed by atoms with Crippen LogP contribution >= 0.6 is 0 Å². The third-order valence-corrected chi connectivity index (χ3v) is 1.25. The van der Waals surface area contributed by atoms with E-state index >= 15 is 0 Å². The van der Waals surface area contributed by atoms with E-state index < -0.39 is 5.91 Å². The summed E-state index contributed by atoms with van der Waals surface area (Å²) in [6.07, 6.45) is 2.79. The summed E-state index contributed by atoms with van der Waals surface area (Å²) < 4.78 is 4.81. The van der Waals surface area contributed by atoms with E-state index in [9.17, 15) is 4.79 Å². The highest BCUT2D eigenvalue weighted by Gasteiger charge is 2.01. The molecule has 0 atom stereocenters. The van der Waals surface area contributed by atoms with Crippen LogP contribution in [0.25, 0.3) is 0 Å². The highest BCUT2D eigenvalue weighted by Crippen LogP contribution is 1.95. The fourth-order valence-electron chi connectivity index (χ4n) is 0.704. The molecule has 5 nitrogen and oxygen atoms in total. The van der Waals surface area contributed by atoms with Crippen LogP contribution in [0.1, 0.15) is 16.2 Å². The Balaban J connectivity index is 2.78. The maximum Gasteiger partial charge on any atom is 0.268 e. The molecule has 0 saturated carbocycles. The summed E-state index contributed by atoms with van der Waals surface area (Å²) in [5, 5.41) is 0. The lowest BCUT2D eigenvalue weighted by Crippen LogP contribution is -2.13. The van der Waals surface area contributed by atoms with Crippen molar-refractivity contribution in [1.82, 2.24) is 9.97 Å². The van der Waals surface area contributed by atoms with Crippen molar-refractivity contribution in [3.05, 3.63) is 23.8 Å². The van der Waals surface area contributed by atoms with E-state index in [0.717, 1.165) is 0 Å². The number of aromatic nitrogens is 2. The SMILES string of the molecule is COCc1cnc(C(N)=O)cn1. The Hall–Kier alpha value is -1.49. The first kappa shape index (κ1) is 8.61. The van der Waals surface area contributed by atoms with Gasteiger partial charge in [-0.2, -0.15) is 0 Å². The highest BCUT2D eigenvalue weighted by atomic mass is 16.5. The zero-order valence-electron chi connectivity index (χ0n) is 6.65. The second kappa shape index (κ2) is 3.77. The second-order valence-electron chi connectivity index (χ2n) is 2.19. The van der Waals surface area contributed by atoms with Crippen molar-refractivity contribution >= 4 is 5.91 Å². The fourth-order valence-corrected chi connectivity index (χ4v) is 0.704. The molecule has 0 aliphatic carbocycles. The molecule has 0 aliphatic heterocycles. The number of hydrogen-bond donors (Lipinski definition) is 1. The number of carbonyl (C=O) groups is 1. The van der Waals surface area contributed by atoms with Crippen molar-refractivity contribution in [2.75, 3.05) is 7.11 Å². The highest BCUT2D eigenvalue weighted by molar-refractivity contribution is 5.90. The molecule has 1 amide bonds. The Morgan fingerprint density at radius 3 is 2.75 bits per heavy atom. The number of nitrogens with two attached hydrogens (primary N) is 1. The Morgan fingerprint density at radius 1 is 1.58 bits per heavy atom. The topological polar surface area (TPSA) is 78.1 Å². The first-order valence-electron chi connectivity index (χ1n) is 3.33. The zero-order valence-corrected chi connectivity index (χ0v) is 6.65. The first-order chi connectivity index (χ1) is 5.74. The van der Waals surface area contributed by atoms with Crippen LogP contribution in [0.3, 0.4) is 0 Å². The van der Waals surface area contributed by atoms with Gasteiger partial charge in [0, 0.05) is 7.11 Å². The third-order valence-electron chi connectivity index (χ3n) is 1.25. The molecule has 0 spiro atoms. The van der Waals surface area contributed by atoms with Gasteiger partial charge in [-0.3, -0.25) is 9.78 Å². The van der Waals surface area contributed by atoms with Gasteiger partial charge in [0.1, 0.15) is 5.69 Å². The third kappa shape index (κ3) is 2.00. The molecule has 1 rings (SSSR count). The van der Waals surface area contributed by atoms with E-state index in [-0.39, 0.29) is 5.69 Å². The number of methoxy groups -OCH3 is 1. The number of hydrogen-bond acceptors (Lipinski definition) is 4. The van der Waals surface area contributed by atoms with E-state index in [2.05, 4.69) is 9.97 Å². The molecule has 0 aromatic carbocycles. The lowest BCUT2D eigenvalue weighted by Gasteiger charge is -1.97. The minimum atomic E-state index is -0.577. The Bertz CT molecular complexity index is 270. The van der Waals surface area contributed by atoms with Gasteiger partial charge in [-0.25, -0.2) is 4.98 Å². The fraction of sp³-hybridized carbons (Fsp3) is 0.286. The summed E-state index contributed by atoms with van der Waals surface area (Å²) in [5.74, 6) is -0.577. The minimum absolute atomic E-state index is 0.162. The van der Waals surface area contributed by atoms with Crippen molar-refractivity contribution in [1.29, 1.82) is 0 Å². The summed E-state index contributed by atoms with van der Waals surface area (Å²) in [5.41, 5.74) is 5.80. The average Bonchev–Trinajstić information content (AvgIpc) is 2.06. The molecule has 1 heterocycles. The normalized spacial score (nSPS) is 9.75. The number of nitrogens with zero attached hydrogens (tertiary/aromatic N) is 2. The number of amides is 1. The van der Waals surface area contributed by atoms with Crippen molar-refractivity contribution < 1.29 is 9.53 Å². The molecule has 5 heteroatoms. The van der Waals surface area contributed by atoms with E-state index in [4.69, 9.17) is 10.5 Å². The maximum absolute atomic E-state index is 10.6. The van der Waals surface area contributed by atoms with Crippen molar-refractivity contribution in [2.24, 2.45) is 5.73 Å². The van der Waals surface area contributed by atoms with Crippen molar-refractivity contribution in [3.63, 3.8) is 0 Å². The van der Waals surface area contributed by atoms with E-state index in [1.54, 1.807) is 7.11 Å². The molecule has 64 valence electrons. The van der Waals surface area contributed by atoms with Crippen LogP contribution in [-0.2, 0) is 11.3 Å². The van der Waals surface area contributed by atoms with Gasteiger partial charge in [0.15, 0.2) is 0 Å². The standard InChI is InChI=1S/C7H9N3O2/c1-12-4-5-2-10-6(3-9-5)7(8)11/h2-3H,4H2,1H3,(H2,8,11). The van der Waals surface area contributed by atoms with Gasteiger partial charge >= 0.3 is 0 Å². The van der Waals surface area contributed by atoms with Gasteiger partial charge in [0.2, 0.25) is 0 Å². The summed E-state index contributed by atoms with van der Waals surface area (Å²) in [4.78, 5) is 18.2. The zero-order chi connectivity index (χ0) is 8.97. The van der Waals surface area contributed by atoms with Gasteiger partial charge in [-0.05, 0) is 0 Å². The van der Waals surface area contributed by atoms with Crippen molar-refractivity contribution in [2.45, 2.75) is 6.61 Å². The lowest BCUT2D eigenvalue weighted by atomic mass is 10.4. The second-order valence-corrected chi connectivity index (χ2v) is 2.19. The molecule has 1 aromatic heterocycles. The van der Waals surface area contributed by atoms with E-state index in [0.29, 0.717) is 12.3 Å². The van der Waals surface area contributed by atoms with Gasteiger partial charge in [0.05, 0.1) is 24.7 Å². The number of rotatable bonds is 3. The summed E-state index contributed by atoms with van der Waals surface area (Å²) in [7, 11) is 1.56. The molecule has 0 bridgehead atoms. The summed E-state index contributed by atoms with van der Waals surface area (Å²) in [6, 6.07) is 0. The van der Waals surface area contributed by atoms with Crippen LogP contribution in [0.4, 0.5) is 0 Å². The first-order valence-corrected chi connectivity index (χ1v) is 3.33. The van der Waals surface area contributed by atoms with Crippen LogP contribution in [0, 0.1) is 0 Å². The largest absolute Gasteiger partial charge is 0.378 e. The molecule has 12 heavy (non-hydrogen) atoms. The molecule has 1 aromatic rings. The van der Waals surface area contributed by atoms with Gasteiger partial charge in [0.25, 0.3) is 5.91 Å². The lowest BCUT2D eigenvalue weighted by molar-refractivity contribution is 0.0995. The molecule has 0 fully saturated rings. The monoisotopic (exact) mass is 167 g/mol. The summed E-state index contributed by atoms with van der Waals surface area (Å²) in [6.45, 7) is 0.381. The maximum atomic E-state index is 10.6. The summed E-state index contributed by atoms with van der Waals surface area (Å²) >= 11 is 0. The Kier molecular flexibility index (Phi) is 2.71. The van der Waals surface area contributed by atoms with Crippen LogP contribution in [-0.4, -0.2) is 23.0 Å². The Morgan fingerprint density at radius 2 is 2.33 bits per heavy atom. The number of carbonyl (C=O) groups excluding carboxylic acids is 1. The molecule has 2 N–H and O–H groups in total. The van der Waals surface area contributed by atoms with Crippen LogP contribution in [0.15, 0.2) is 12.4 Å². The van der Waals surface area contributed by atoms with Gasteiger partial charge < -0.3 is 10.5 Å². The van der Waals surface area contributed by atoms with Gasteiger partial charge in [-0.15, -0.1) is 0 Å². The molecule has 0 radical (unpaired) electrons. The molecule has 0 aliphatic rings. The van der Waals surface area contributed by atoms with Crippen LogP contribution in [0.5, 0.6) is 0 Å². The van der Waals surface area contributed by atoms with E-state index in [1.807, 2.05) is 0 Å². The van der Waals surface area contributed by atoms with Gasteiger partial charge in [-0.1, -0.05) is 0 Å². The number of primary amides is 1. The Labute approximate surface area is 69.6 Å².